The van der Waals surface area contributed by atoms with Gasteiger partial charge in [0.2, 0.25) is 0 Å². The second kappa shape index (κ2) is 8.88. The second-order valence-corrected chi connectivity index (χ2v) is 5.19. The molecule has 6 N–H and O–H groups in total. The Morgan fingerprint density at radius 2 is 1.75 bits per heavy atom. The van der Waals surface area contributed by atoms with Crippen molar-refractivity contribution < 1.29 is 19.7 Å². The van der Waals surface area contributed by atoms with E-state index in [1.165, 1.54) is 0 Å². The molecule has 2 unspecified atom stereocenters. The molecule has 7 nitrogen and oxygen atoms in total. The second-order valence-electron chi connectivity index (χ2n) is 5.19. The standard InChI is InChI=1S/C17H21N3O4/c18-20-14-9-5-4-8-13(14)16(22)15(21)10-19-17(23)24-11-12-6-2-1-3-7-12/h1-9,15-16,20-22H,10-11,18H2,(H,19,23). The van der Waals surface area contributed by atoms with Crippen molar-refractivity contribution in [2.24, 2.45) is 5.84 Å². The highest BCUT2D eigenvalue weighted by molar-refractivity contribution is 5.67. The number of hydrogen-bond donors (Lipinski definition) is 5. The first-order valence-corrected chi connectivity index (χ1v) is 7.48. The number of carbonyl (C=O) groups is 1. The predicted molar refractivity (Wildman–Crippen MR) is 89.8 cm³/mol. The number of amides is 1. The van der Waals surface area contributed by atoms with Crippen molar-refractivity contribution >= 4 is 11.8 Å². The number of ether oxygens (including phenoxy) is 1. The Labute approximate surface area is 140 Å². The number of nitrogens with two attached hydrogens (primary N) is 1. The summed E-state index contributed by atoms with van der Waals surface area (Å²) in [5.41, 5.74) is 4.24. The highest BCUT2D eigenvalue weighted by Gasteiger charge is 2.21. The fourth-order valence-corrected chi connectivity index (χ4v) is 2.17. The van der Waals surface area contributed by atoms with Crippen molar-refractivity contribution in [3.8, 4) is 0 Å². The fourth-order valence-electron chi connectivity index (χ4n) is 2.17. The smallest absolute Gasteiger partial charge is 0.407 e. The first-order valence-electron chi connectivity index (χ1n) is 7.48. The highest BCUT2D eigenvalue weighted by atomic mass is 16.5. The lowest BCUT2D eigenvalue weighted by molar-refractivity contribution is 0.0188. The van der Waals surface area contributed by atoms with Crippen molar-refractivity contribution in [2.45, 2.75) is 18.8 Å². The average Bonchev–Trinajstić information content (AvgIpc) is 2.64. The summed E-state index contributed by atoms with van der Waals surface area (Å²) in [6, 6.07) is 16.0. The van der Waals surface area contributed by atoms with Crippen LogP contribution in [-0.4, -0.2) is 29.0 Å². The monoisotopic (exact) mass is 331 g/mol. The van der Waals surface area contributed by atoms with Gasteiger partial charge in [0.15, 0.2) is 0 Å². The third-order valence-electron chi connectivity index (χ3n) is 3.47. The van der Waals surface area contributed by atoms with Gasteiger partial charge in [0.05, 0.1) is 5.69 Å². The number of rotatable bonds is 7. The summed E-state index contributed by atoms with van der Waals surface area (Å²) >= 11 is 0. The van der Waals surface area contributed by atoms with Crippen LogP contribution in [0.15, 0.2) is 54.6 Å². The Hall–Kier alpha value is -2.61. The normalized spacial score (nSPS) is 13.0. The van der Waals surface area contributed by atoms with Crippen LogP contribution in [0.2, 0.25) is 0 Å². The van der Waals surface area contributed by atoms with Crippen LogP contribution in [0.3, 0.4) is 0 Å². The summed E-state index contributed by atoms with van der Waals surface area (Å²) in [6.45, 7) is -0.0288. The summed E-state index contributed by atoms with van der Waals surface area (Å²) in [6.07, 6.45) is -3.08. The minimum atomic E-state index is -1.20. The topological polar surface area (TPSA) is 117 Å². The molecule has 2 rings (SSSR count). The lowest BCUT2D eigenvalue weighted by atomic mass is 10.0. The molecule has 0 radical (unpaired) electrons. The summed E-state index contributed by atoms with van der Waals surface area (Å²) in [5.74, 6) is 5.37. The van der Waals surface area contributed by atoms with Crippen LogP contribution in [-0.2, 0) is 11.3 Å². The molecule has 24 heavy (non-hydrogen) atoms. The zero-order valence-electron chi connectivity index (χ0n) is 13.1. The van der Waals surface area contributed by atoms with Crippen LogP contribution >= 0.6 is 0 Å². The largest absolute Gasteiger partial charge is 0.445 e. The van der Waals surface area contributed by atoms with Crippen molar-refractivity contribution in [1.82, 2.24) is 5.32 Å². The van der Waals surface area contributed by atoms with Crippen LogP contribution in [0, 0.1) is 0 Å². The molecular formula is C17H21N3O4. The van der Waals surface area contributed by atoms with E-state index in [1.54, 1.807) is 24.3 Å². The average molecular weight is 331 g/mol. The van der Waals surface area contributed by atoms with E-state index < -0.39 is 18.3 Å². The van der Waals surface area contributed by atoms with E-state index in [2.05, 4.69) is 10.7 Å². The molecule has 0 aliphatic rings. The summed E-state index contributed by atoms with van der Waals surface area (Å²) in [5, 5.41) is 22.6. The molecule has 0 aliphatic heterocycles. The summed E-state index contributed by atoms with van der Waals surface area (Å²) in [7, 11) is 0. The zero-order valence-corrected chi connectivity index (χ0v) is 13.1. The quantitative estimate of drug-likeness (QED) is 0.386. The van der Waals surface area contributed by atoms with Gasteiger partial charge in [0.1, 0.15) is 18.8 Å². The first-order chi connectivity index (χ1) is 11.6. The number of anilines is 1. The molecule has 0 fully saturated rings. The van der Waals surface area contributed by atoms with Crippen LogP contribution in [0.1, 0.15) is 17.2 Å². The number of hydrazine groups is 1. The molecule has 0 heterocycles. The van der Waals surface area contributed by atoms with E-state index in [9.17, 15) is 15.0 Å². The van der Waals surface area contributed by atoms with Gasteiger partial charge in [-0.05, 0) is 11.6 Å². The fraction of sp³-hybridized carbons (Fsp3) is 0.235. The number of nitrogens with one attached hydrogen (secondary N) is 2. The van der Waals surface area contributed by atoms with E-state index in [1.807, 2.05) is 30.3 Å². The van der Waals surface area contributed by atoms with Crippen molar-refractivity contribution in [2.75, 3.05) is 12.0 Å². The van der Waals surface area contributed by atoms with E-state index in [0.717, 1.165) is 5.56 Å². The number of hydrogen-bond acceptors (Lipinski definition) is 6. The van der Waals surface area contributed by atoms with E-state index >= 15 is 0 Å². The maximum atomic E-state index is 11.6. The number of benzene rings is 2. The van der Waals surface area contributed by atoms with Gasteiger partial charge >= 0.3 is 6.09 Å². The van der Waals surface area contributed by atoms with E-state index in [0.29, 0.717) is 11.3 Å². The lowest BCUT2D eigenvalue weighted by Gasteiger charge is -2.20. The number of carbonyl (C=O) groups excluding carboxylic acids is 1. The minimum Gasteiger partial charge on any atom is -0.445 e. The van der Waals surface area contributed by atoms with E-state index in [-0.39, 0.29) is 13.2 Å². The Morgan fingerprint density at radius 3 is 2.46 bits per heavy atom. The number of nitrogen functional groups attached to an aromatic ring is 1. The van der Waals surface area contributed by atoms with Crippen LogP contribution in [0.25, 0.3) is 0 Å². The predicted octanol–water partition coefficient (Wildman–Crippen LogP) is 1.29. The lowest BCUT2D eigenvalue weighted by Crippen LogP contribution is -2.36. The molecule has 2 atom stereocenters. The Balaban J connectivity index is 1.81. The Kier molecular flexibility index (Phi) is 6.56. The molecule has 2 aromatic carbocycles. The van der Waals surface area contributed by atoms with Gasteiger partial charge in [0, 0.05) is 12.1 Å². The highest BCUT2D eigenvalue weighted by Crippen LogP contribution is 2.24. The molecule has 1 amide bonds. The van der Waals surface area contributed by atoms with Gasteiger partial charge in [-0.25, -0.2) is 4.79 Å². The number of para-hydroxylation sites is 1. The molecule has 0 spiro atoms. The minimum absolute atomic E-state index is 0.130. The summed E-state index contributed by atoms with van der Waals surface area (Å²) in [4.78, 5) is 11.6. The van der Waals surface area contributed by atoms with Gasteiger partial charge in [-0.2, -0.15) is 0 Å². The number of aliphatic hydroxyl groups excluding tert-OH is 2. The maximum Gasteiger partial charge on any atom is 0.407 e. The molecule has 2 aromatic rings. The molecule has 128 valence electrons. The van der Waals surface area contributed by atoms with Gasteiger partial charge in [-0.1, -0.05) is 48.5 Å². The van der Waals surface area contributed by atoms with Gasteiger partial charge in [0.25, 0.3) is 0 Å². The molecule has 0 aliphatic carbocycles. The maximum absolute atomic E-state index is 11.6. The zero-order chi connectivity index (χ0) is 17.4. The molecule has 0 bridgehead atoms. The SMILES string of the molecule is NNc1ccccc1C(O)C(O)CNC(=O)OCc1ccccc1. The van der Waals surface area contributed by atoms with Crippen molar-refractivity contribution in [3.63, 3.8) is 0 Å². The van der Waals surface area contributed by atoms with Crippen molar-refractivity contribution in [1.29, 1.82) is 0 Å². The van der Waals surface area contributed by atoms with Crippen LogP contribution in [0.5, 0.6) is 0 Å². The third-order valence-corrected chi connectivity index (χ3v) is 3.47. The van der Waals surface area contributed by atoms with Gasteiger partial charge in [-0.15, -0.1) is 0 Å². The Bertz CT molecular complexity index is 651. The van der Waals surface area contributed by atoms with Crippen LogP contribution in [0.4, 0.5) is 10.5 Å². The molecule has 0 aromatic heterocycles. The molecular weight excluding hydrogens is 310 g/mol. The van der Waals surface area contributed by atoms with Gasteiger partial charge in [-0.3, -0.25) is 5.84 Å². The molecule has 0 saturated carbocycles. The van der Waals surface area contributed by atoms with Gasteiger partial charge < -0.3 is 25.7 Å². The van der Waals surface area contributed by atoms with Crippen LogP contribution < -0.4 is 16.6 Å². The third kappa shape index (κ3) is 4.95. The first kappa shape index (κ1) is 17.7. The number of aliphatic hydroxyl groups is 2. The van der Waals surface area contributed by atoms with Crippen molar-refractivity contribution in [3.05, 3.63) is 65.7 Å². The summed E-state index contributed by atoms with van der Waals surface area (Å²) < 4.78 is 5.03. The van der Waals surface area contributed by atoms with E-state index in [4.69, 9.17) is 10.6 Å². The molecule has 0 saturated heterocycles. The molecule has 7 heteroatoms. The number of alkyl carbamates (subject to hydrolysis) is 1. The Morgan fingerprint density at radius 1 is 1.08 bits per heavy atom.